The van der Waals surface area contributed by atoms with Crippen LogP contribution in [0.15, 0.2) is 29.1 Å². The topological polar surface area (TPSA) is 67.9 Å². The lowest BCUT2D eigenvalue weighted by Crippen LogP contribution is -2.25. The minimum Gasteiger partial charge on any atom is -0.496 e. The Morgan fingerprint density at radius 1 is 1.38 bits per heavy atom. The minimum atomic E-state index is -0.201. The maximum Gasteiger partial charge on any atom is 0.271 e. The fourth-order valence-corrected chi connectivity index (χ4v) is 2.20. The summed E-state index contributed by atoms with van der Waals surface area (Å²) in [5.74, 6) is 0.805. The zero-order chi connectivity index (χ0) is 15.4. The molecule has 5 heteroatoms. The number of methoxy groups -OCH3 is 1. The Hall–Kier alpha value is -2.61. The van der Waals surface area contributed by atoms with Crippen molar-refractivity contribution in [3.8, 4) is 23.1 Å². The van der Waals surface area contributed by atoms with E-state index < -0.39 is 0 Å². The van der Waals surface area contributed by atoms with Crippen molar-refractivity contribution < 1.29 is 4.74 Å². The first kappa shape index (κ1) is 14.8. The van der Waals surface area contributed by atoms with Gasteiger partial charge in [-0.15, -0.1) is 0 Å². The summed E-state index contributed by atoms with van der Waals surface area (Å²) in [6.45, 7) is 4.28. The summed E-state index contributed by atoms with van der Waals surface area (Å²) in [4.78, 5) is 12.1. The number of aryl methyl sites for hydroxylation is 2. The smallest absolute Gasteiger partial charge is 0.271 e. The summed E-state index contributed by atoms with van der Waals surface area (Å²) in [5.41, 5.74) is 2.85. The van der Waals surface area contributed by atoms with Crippen molar-refractivity contribution in [2.24, 2.45) is 0 Å². The average molecular weight is 283 g/mol. The van der Waals surface area contributed by atoms with Gasteiger partial charge in [0.25, 0.3) is 5.56 Å². The van der Waals surface area contributed by atoms with Crippen molar-refractivity contribution in [3.05, 3.63) is 45.7 Å². The molecule has 0 saturated heterocycles. The van der Waals surface area contributed by atoms with Crippen LogP contribution in [-0.4, -0.2) is 16.9 Å². The molecule has 0 saturated carbocycles. The Morgan fingerprint density at radius 2 is 2.14 bits per heavy atom. The molecule has 21 heavy (non-hydrogen) atoms. The molecular weight excluding hydrogens is 266 g/mol. The maximum atomic E-state index is 12.1. The van der Waals surface area contributed by atoms with Crippen LogP contribution < -0.4 is 10.3 Å². The van der Waals surface area contributed by atoms with Crippen molar-refractivity contribution in [3.63, 3.8) is 0 Å². The zero-order valence-electron chi connectivity index (χ0n) is 12.4. The first-order valence-electron chi connectivity index (χ1n) is 6.73. The van der Waals surface area contributed by atoms with E-state index in [1.807, 2.05) is 38.1 Å². The Morgan fingerprint density at radius 3 is 2.71 bits per heavy atom. The number of ether oxygens (including phenoxy) is 1. The van der Waals surface area contributed by atoms with Gasteiger partial charge in [-0.2, -0.15) is 10.4 Å². The fourth-order valence-electron chi connectivity index (χ4n) is 2.20. The fraction of sp³-hybridized carbons (Fsp3) is 0.312. The van der Waals surface area contributed by atoms with E-state index in [0.29, 0.717) is 17.8 Å². The third-order valence-electron chi connectivity index (χ3n) is 3.31. The third-order valence-corrected chi connectivity index (χ3v) is 3.31. The van der Waals surface area contributed by atoms with Crippen molar-refractivity contribution in [1.29, 1.82) is 5.26 Å². The molecule has 2 aromatic rings. The first-order valence-corrected chi connectivity index (χ1v) is 6.73. The van der Waals surface area contributed by atoms with Crippen molar-refractivity contribution in [2.75, 3.05) is 7.11 Å². The number of nitriles is 1. The van der Waals surface area contributed by atoms with Crippen LogP contribution in [0.2, 0.25) is 0 Å². The Balaban J connectivity index is 2.58. The van der Waals surface area contributed by atoms with E-state index in [4.69, 9.17) is 10.00 Å². The summed E-state index contributed by atoms with van der Waals surface area (Å²) in [7, 11) is 1.63. The molecule has 0 spiro atoms. The summed E-state index contributed by atoms with van der Waals surface area (Å²) >= 11 is 0. The van der Waals surface area contributed by atoms with Crippen LogP contribution >= 0.6 is 0 Å². The van der Waals surface area contributed by atoms with Crippen molar-refractivity contribution >= 4 is 0 Å². The molecule has 0 bridgehead atoms. The van der Waals surface area contributed by atoms with Crippen LogP contribution in [0, 0.1) is 18.3 Å². The number of hydrogen-bond donors (Lipinski definition) is 0. The molecule has 108 valence electrons. The van der Waals surface area contributed by atoms with Gasteiger partial charge in [0.1, 0.15) is 5.75 Å². The van der Waals surface area contributed by atoms with Gasteiger partial charge in [-0.3, -0.25) is 4.79 Å². The highest BCUT2D eigenvalue weighted by Crippen LogP contribution is 2.24. The number of nitrogens with zero attached hydrogens (tertiary/aromatic N) is 3. The third kappa shape index (κ3) is 2.95. The second-order valence-electron chi connectivity index (χ2n) is 4.70. The van der Waals surface area contributed by atoms with E-state index in [1.165, 1.54) is 4.68 Å². The molecule has 5 nitrogen and oxygen atoms in total. The average Bonchev–Trinajstić information content (AvgIpc) is 2.49. The van der Waals surface area contributed by atoms with Crippen molar-refractivity contribution in [2.45, 2.75) is 26.8 Å². The van der Waals surface area contributed by atoms with Gasteiger partial charge in [0.15, 0.2) is 0 Å². The molecule has 0 aliphatic carbocycles. The number of benzene rings is 1. The lowest BCUT2D eigenvalue weighted by atomic mass is 10.1. The van der Waals surface area contributed by atoms with Gasteiger partial charge in [-0.25, -0.2) is 4.68 Å². The Bertz CT molecular complexity index is 757. The molecular formula is C16H17N3O2. The van der Waals surface area contributed by atoms with Crippen LogP contribution in [0.25, 0.3) is 11.3 Å². The molecule has 2 rings (SSSR count). The van der Waals surface area contributed by atoms with Gasteiger partial charge in [-0.1, -0.05) is 0 Å². The molecule has 0 unspecified atom stereocenters. The van der Waals surface area contributed by atoms with E-state index in [9.17, 15) is 4.79 Å². The van der Waals surface area contributed by atoms with Gasteiger partial charge in [0.05, 0.1) is 25.3 Å². The van der Waals surface area contributed by atoms with Crippen LogP contribution in [0.5, 0.6) is 5.75 Å². The second kappa shape index (κ2) is 6.23. The highest BCUT2D eigenvalue weighted by molar-refractivity contribution is 5.62. The SMILES string of the molecule is CCn1nc(-c2ccc(OC)c(C)c2)cc(CC#N)c1=O. The number of aromatic nitrogens is 2. The molecule has 1 aromatic carbocycles. The van der Waals surface area contributed by atoms with Gasteiger partial charge < -0.3 is 4.74 Å². The molecule has 0 atom stereocenters. The summed E-state index contributed by atoms with van der Waals surface area (Å²) in [6, 6.07) is 9.45. The van der Waals surface area contributed by atoms with Gasteiger partial charge in [-0.05, 0) is 43.7 Å². The molecule has 0 N–H and O–H groups in total. The standard InChI is InChI=1S/C16H17N3O2/c1-4-19-16(20)13(7-8-17)10-14(18-19)12-5-6-15(21-3)11(2)9-12/h5-6,9-10H,4,7H2,1-3H3. The van der Waals surface area contributed by atoms with Crippen LogP contribution in [-0.2, 0) is 13.0 Å². The second-order valence-corrected chi connectivity index (χ2v) is 4.70. The van der Waals surface area contributed by atoms with E-state index in [2.05, 4.69) is 5.10 Å². The van der Waals surface area contributed by atoms with Crippen LogP contribution in [0.1, 0.15) is 18.1 Å². The number of rotatable bonds is 4. The Labute approximate surface area is 123 Å². The molecule has 1 heterocycles. The highest BCUT2D eigenvalue weighted by Gasteiger charge is 2.10. The minimum absolute atomic E-state index is 0.0868. The molecule has 0 radical (unpaired) electrons. The summed E-state index contributed by atoms with van der Waals surface area (Å²) in [6.07, 6.45) is 0.0868. The molecule has 0 fully saturated rings. The molecule has 0 aliphatic rings. The molecule has 0 amide bonds. The van der Waals surface area contributed by atoms with E-state index in [1.54, 1.807) is 13.2 Å². The van der Waals surface area contributed by atoms with Gasteiger partial charge >= 0.3 is 0 Å². The normalized spacial score (nSPS) is 10.2. The largest absolute Gasteiger partial charge is 0.496 e. The molecule has 0 aliphatic heterocycles. The molecule has 1 aromatic heterocycles. The lowest BCUT2D eigenvalue weighted by molar-refractivity contribution is 0.412. The highest BCUT2D eigenvalue weighted by atomic mass is 16.5. The monoisotopic (exact) mass is 283 g/mol. The quantitative estimate of drug-likeness (QED) is 0.863. The summed E-state index contributed by atoms with van der Waals surface area (Å²) in [5, 5.41) is 13.2. The van der Waals surface area contributed by atoms with Crippen LogP contribution in [0.3, 0.4) is 0 Å². The van der Waals surface area contributed by atoms with Crippen LogP contribution in [0.4, 0.5) is 0 Å². The number of hydrogen-bond acceptors (Lipinski definition) is 4. The van der Waals surface area contributed by atoms with Gasteiger partial charge in [0, 0.05) is 17.7 Å². The lowest BCUT2D eigenvalue weighted by Gasteiger charge is -2.10. The van der Waals surface area contributed by atoms with Gasteiger partial charge in [0.2, 0.25) is 0 Å². The predicted molar refractivity (Wildman–Crippen MR) is 80.2 cm³/mol. The zero-order valence-corrected chi connectivity index (χ0v) is 12.4. The summed E-state index contributed by atoms with van der Waals surface area (Å²) < 4.78 is 6.63. The first-order chi connectivity index (χ1) is 10.1. The van der Waals surface area contributed by atoms with E-state index in [-0.39, 0.29) is 12.0 Å². The predicted octanol–water partition coefficient (Wildman–Crippen LogP) is 2.31. The van der Waals surface area contributed by atoms with E-state index in [0.717, 1.165) is 16.9 Å². The van der Waals surface area contributed by atoms with Crippen molar-refractivity contribution in [1.82, 2.24) is 9.78 Å². The Kier molecular flexibility index (Phi) is 4.39. The van der Waals surface area contributed by atoms with E-state index >= 15 is 0 Å². The maximum absolute atomic E-state index is 12.1.